The van der Waals surface area contributed by atoms with Gasteiger partial charge in [0.2, 0.25) is 0 Å². The summed E-state index contributed by atoms with van der Waals surface area (Å²) >= 11 is 0. The van der Waals surface area contributed by atoms with Gasteiger partial charge in [0.05, 0.1) is 0 Å². The highest BCUT2D eigenvalue weighted by Gasteiger charge is 2.30. The first-order valence-electron chi connectivity index (χ1n) is 3.34. The molecular weight excluding hydrogens is 112 g/mol. The molecule has 1 saturated heterocycles. The van der Waals surface area contributed by atoms with E-state index in [9.17, 15) is 0 Å². The van der Waals surface area contributed by atoms with Crippen molar-refractivity contribution in [2.75, 3.05) is 6.54 Å². The van der Waals surface area contributed by atoms with Gasteiger partial charge in [-0.3, -0.25) is 0 Å². The first-order chi connectivity index (χ1) is 4.17. The molecule has 1 rings (SSSR count). The Labute approximate surface area is 56.1 Å². The number of nitriles is 1. The van der Waals surface area contributed by atoms with E-state index in [1.807, 2.05) is 4.90 Å². The average molecular weight is 124 g/mol. The van der Waals surface area contributed by atoms with E-state index in [0.29, 0.717) is 0 Å². The molecule has 0 spiro atoms. The van der Waals surface area contributed by atoms with Crippen LogP contribution in [0.2, 0.25) is 0 Å². The Kier molecular flexibility index (Phi) is 1.36. The SMILES string of the molecule is CC1(C)CCCN1C#N. The Morgan fingerprint density at radius 1 is 1.56 bits per heavy atom. The normalized spacial score (nSPS) is 23.9. The zero-order valence-corrected chi connectivity index (χ0v) is 6.02. The second kappa shape index (κ2) is 1.91. The third-order valence-corrected chi connectivity index (χ3v) is 2.02. The monoisotopic (exact) mass is 124 g/mol. The van der Waals surface area contributed by atoms with Crippen LogP contribution in [0.25, 0.3) is 0 Å². The van der Waals surface area contributed by atoms with Crippen molar-refractivity contribution in [3.8, 4) is 6.19 Å². The van der Waals surface area contributed by atoms with Crippen molar-refractivity contribution in [3.63, 3.8) is 0 Å². The topological polar surface area (TPSA) is 27.0 Å². The Bertz CT molecular complexity index is 143. The molecule has 0 amide bonds. The highest BCUT2D eigenvalue weighted by molar-refractivity contribution is 4.94. The van der Waals surface area contributed by atoms with Crippen LogP contribution in [-0.4, -0.2) is 17.0 Å². The molecule has 1 aliphatic rings. The summed E-state index contributed by atoms with van der Waals surface area (Å²) < 4.78 is 0. The first kappa shape index (κ1) is 6.41. The van der Waals surface area contributed by atoms with Crippen LogP contribution in [-0.2, 0) is 0 Å². The van der Waals surface area contributed by atoms with Crippen molar-refractivity contribution in [2.24, 2.45) is 0 Å². The predicted molar refractivity (Wildman–Crippen MR) is 35.6 cm³/mol. The third kappa shape index (κ3) is 0.999. The maximum atomic E-state index is 8.58. The Morgan fingerprint density at radius 2 is 2.22 bits per heavy atom. The summed E-state index contributed by atoms with van der Waals surface area (Å²) in [5, 5.41) is 8.58. The van der Waals surface area contributed by atoms with Gasteiger partial charge in [0.25, 0.3) is 0 Å². The van der Waals surface area contributed by atoms with Gasteiger partial charge in [-0.25, -0.2) is 0 Å². The van der Waals surface area contributed by atoms with Crippen molar-refractivity contribution < 1.29 is 0 Å². The number of likely N-dealkylation sites (tertiary alicyclic amines) is 1. The lowest BCUT2D eigenvalue weighted by atomic mass is 10.0. The smallest absolute Gasteiger partial charge is 0.179 e. The number of nitrogens with zero attached hydrogens (tertiary/aromatic N) is 2. The predicted octanol–water partition coefficient (Wildman–Crippen LogP) is 1.34. The lowest BCUT2D eigenvalue weighted by Gasteiger charge is -2.25. The van der Waals surface area contributed by atoms with Crippen molar-refractivity contribution in [1.82, 2.24) is 4.90 Å². The number of hydrogen-bond donors (Lipinski definition) is 0. The minimum atomic E-state index is 0.134. The van der Waals surface area contributed by atoms with Crippen LogP contribution in [0.4, 0.5) is 0 Å². The van der Waals surface area contributed by atoms with Crippen LogP contribution >= 0.6 is 0 Å². The maximum absolute atomic E-state index is 8.58. The van der Waals surface area contributed by atoms with Gasteiger partial charge in [-0.2, -0.15) is 5.26 Å². The molecule has 0 bridgehead atoms. The highest BCUT2D eigenvalue weighted by atomic mass is 15.2. The first-order valence-corrected chi connectivity index (χ1v) is 3.34. The summed E-state index contributed by atoms with van der Waals surface area (Å²) in [7, 11) is 0. The van der Waals surface area contributed by atoms with Gasteiger partial charge < -0.3 is 4.90 Å². The van der Waals surface area contributed by atoms with Gasteiger partial charge in [-0.15, -0.1) is 0 Å². The second-order valence-electron chi connectivity index (χ2n) is 3.17. The molecule has 2 heteroatoms. The van der Waals surface area contributed by atoms with Crippen molar-refractivity contribution >= 4 is 0 Å². The summed E-state index contributed by atoms with van der Waals surface area (Å²) in [5.74, 6) is 0. The molecule has 0 aromatic heterocycles. The standard InChI is InChI=1S/C7H12N2/c1-7(2)4-3-5-9(7)6-8/h3-5H2,1-2H3. The summed E-state index contributed by atoms with van der Waals surface area (Å²) in [4.78, 5) is 1.85. The summed E-state index contributed by atoms with van der Waals surface area (Å²) in [5.41, 5.74) is 0.134. The largest absolute Gasteiger partial charge is 0.305 e. The van der Waals surface area contributed by atoms with E-state index >= 15 is 0 Å². The van der Waals surface area contributed by atoms with Gasteiger partial charge in [0, 0.05) is 12.1 Å². The van der Waals surface area contributed by atoms with E-state index in [0.717, 1.165) is 13.0 Å². The fraction of sp³-hybridized carbons (Fsp3) is 0.857. The van der Waals surface area contributed by atoms with E-state index in [4.69, 9.17) is 5.26 Å². The molecule has 9 heavy (non-hydrogen) atoms. The molecule has 0 radical (unpaired) electrons. The van der Waals surface area contributed by atoms with Crippen molar-refractivity contribution in [2.45, 2.75) is 32.2 Å². The second-order valence-corrected chi connectivity index (χ2v) is 3.17. The molecule has 0 unspecified atom stereocenters. The van der Waals surface area contributed by atoms with E-state index < -0.39 is 0 Å². The van der Waals surface area contributed by atoms with Crippen LogP contribution in [0.1, 0.15) is 26.7 Å². The molecule has 1 fully saturated rings. The van der Waals surface area contributed by atoms with E-state index in [1.54, 1.807) is 0 Å². The molecule has 0 N–H and O–H groups in total. The van der Waals surface area contributed by atoms with Crippen LogP contribution in [0.3, 0.4) is 0 Å². The summed E-state index contributed by atoms with van der Waals surface area (Å²) in [6, 6.07) is 0. The Hall–Kier alpha value is -0.710. The highest BCUT2D eigenvalue weighted by Crippen LogP contribution is 2.26. The molecule has 2 nitrogen and oxygen atoms in total. The summed E-state index contributed by atoms with van der Waals surface area (Å²) in [6.45, 7) is 5.18. The third-order valence-electron chi connectivity index (χ3n) is 2.02. The molecule has 50 valence electrons. The van der Waals surface area contributed by atoms with E-state index in [2.05, 4.69) is 20.0 Å². The van der Waals surface area contributed by atoms with Gasteiger partial charge in [-0.1, -0.05) is 0 Å². The Morgan fingerprint density at radius 3 is 2.44 bits per heavy atom. The van der Waals surface area contributed by atoms with E-state index in [-0.39, 0.29) is 5.54 Å². The quantitative estimate of drug-likeness (QED) is 0.456. The average Bonchev–Trinajstić information content (AvgIpc) is 2.08. The molecule has 0 aliphatic carbocycles. The van der Waals surface area contributed by atoms with Crippen LogP contribution < -0.4 is 0 Å². The maximum Gasteiger partial charge on any atom is 0.179 e. The molecule has 0 saturated carbocycles. The molecule has 1 aliphatic heterocycles. The van der Waals surface area contributed by atoms with Crippen molar-refractivity contribution in [3.05, 3.63) is 0 Å². The van der Waals surface area contributed by atoms with E-state index in [1.165, 1.54) is 6.42 Å². The van der Waals surface area contributed by atoms with Gasteiger partial charge >= 0.3 is 0 Å². The van der Waals surface area contributed by atoms with Crippen LogP contribution in [0.5, 0.6) is 0 Å². The minimum Gasteiger partial charge on any atom is -0.305 e. The zero-order chi connectivity index (χ0) is 6.91. The fourth-order valence-electron chi connectivity index (χ4n) is 1.29. The fourth-order valence-corrected chi connectivity index (χ4v) is 1.29. The summed E-state index contributed by atoms with van der Waals surface area (Å²) in [6.07, 6.45) is 4.51. The number of rotatable bonds is 0. The lowest BCUT2D eigenvalue weighted by Crippen LogP contribution is -2.33. The molecule has 1 heterocycles. The number of hydrogen-bond acceptors (Lipinski definition) is 2. The van der Waals surface area contributed by atoms with Gasteiger partial charge in [-0.05, 0) is 26.7 Å². The van der Waals surface area contributed by atoms with Crippen LogP contribution in [0, 0.1) is 11.5 Å². The minimum absolute atomic E-state index is 0.134. The zero-order valence-electron chi connectivity index (χ0n) is 6.02. The molecule has 0 aromatic rings. The molecule has 0 aromatic carbocycles. The molecular formula is C7H12N2. The van der Waals surface area contributed by atoms with Gasteiger partial charge in [0.1, 0.15) is 0 Å². The van der Waals surface area contributed by atoms with Crippen LogP contribution in [0.15, 0.2) is 0 Å². The lowest BCUT2D eigenvalue weighted by molar-refractivity contribution is 0.262. The Balaban J connectivity index is 2.65. The van der Waals surface area contributed by atoms with Gasteiger partial charge in [0.15, 0.2) is 6.19 Å². The molecule has 0 atom stereocenters. The van der Waals surface area contributed by atoms with Crippen molar-refractivity contribution in [1.29, 1.82) is 5.26 Å².